The van der Waals surface area contributed by atoms with Crippen LogP contribution in [0.2, 0.25) is 0 Å². The molecule has 1 saturated heterocycles. The third-order valence-electron chi connectivity index (χ3n) is 2.73. The summed E-state index contributed by atoms with van der Waals surface area (Å²) < 4.78 is 5.08. The zero-order valence-corrected chi connectivity index (χ0v) is 12.0. The molecule has 1 heterocycles. The van der Waals surface area contributed by atoms with E-state index in [1.54, 1.807) is 7.11 Å². The number of hydrogen-bond donors (Lipinski definition) is 1. The van der Waals surface area contributed by atoms with Gasteiger partial charge in [-0.1, -0.05) is 0 Å². The van der Waals surface area contributed by atoms with Crippen molar-refractivity contribution in [3.63, 3.8) is 0 Å². The van der Waals surface area contributed by atoms with Gasteiger partial charge in [0.1, 0.15) is 0 Å². The Balaban J connectivity index is 2.15. The molecule has 0 radical (unpaired) electrons. The molecule has 1 aliphatic heterocycles. The highest BCUT2D eigenvalue weighted by molar-refractivity contribution is 8.02. The van der Waals surface area contributed by atoms with Crippen molar-refractivity contribution in [3.8, 4) is 0 Å². The molecular formula is C12H23N3O2S. The number of rotatable bonds is 7. The lowest BCUT2D eigenvalue weighted by molar-refractivity contribution is -0.130. The van der Waals surface area contributed by atoms with Crippen LogP contribution in [-0.4, -0.2) is 68.0 Å². The van der Waals surface area contributed by atoms with Crippen molar-refractivity contribution in [3.05, 3.63) is 11.6 Å². The van der Waals surface area contributed by atoms with E-state index in [1.807, 2.05) is 23.4 Å². The van der Waals surface area contributed by atoms with Crippen LogP contribution in [0.15, 0.2) is 11.6 Å². The Bertz CT molecular complexity index is 266. The number of ether oxygens (including phenoxy) is 1. The molecular weight excluding hydrogens is 250 g/mol. The number of piperazine rings is 1. The lowest BCUT2D eigenvalue weighted by Crippen LogP contribution is -2.49. The number of thioether (sulfide) groups is 1. The molecule has 1 fully saturated rings. The van der Waals surface area contributed by atoms with Gasteiger partial charge in [-0.15, -0.1) is 11.8 Å². The first-order chi connectivity index (χ1) is 8.77. The SMILES string of the molecule is CCNC=CSCC(=O)N1CCN(COC)CC1. The van der Waals surface area contributed by atoms with Crippen LogP contribution in [0.25, 0.3) is 0 Å². The number of carbonyl (C=O) groups is 1. The first-order valence-electron chi connectivity index (χ1n) is 6.27. The van der Waals surface area contributed by atoms with E-state index in [0.29, 0.717) is 12.5 Å². The summed E-state index contributed by atoms with van der Waals surface area (Å²) in [6.45, 7) is 7.02. The maximum atomic E-state index is 11.9. The van der Waals surface area contributed by atoms with Gasteiger partial charge in [-0.3, -0.25) is 9.69 Å². The number of nitrogens with zero attached hydrogens (tertiary/aromatic N) is 2. The highest BCUT2D eigenvalue weighted by Crippen LogP contribution is 2.07. The smallest absolute Gasteiger partial charge is 0.233 e. The molecule has 0 atom stereocenters. The van der Waals surface area contributed by atoms with Crippen LogP contribution in [0.4, 0.5) is 0 Å². The highest BCUT2D eigenvalue weighted by atomic mass is 32.2. The topological polar surface area (TPSA) is 44.8 Å². The molecule has 0 bridgehead atoms. The van der Waals surface area contributed by atoms with E-state index in [4.69, 9.17) is 4.74 Å². The van der Waals surface area contributed by atoms with Crippen molar-refractivity contribution in [2.75, 3.05) is 52.3 Å². The van der Waals surface area contributed by atoms with E-state index in [2.05, 4.69) is 10.2 Å². The van der Waals surface area contributed by atoms with Crippen LogP contribution < -0.4 is 5.32 Å². The first-order valence-corrected chi connectivity index (χ1v) is 7.32. The summed E-state index contributed by atoms with van der Waals surface area (Å²) in [5.41, 5.74) is 0. The summed E-state index contributed by atoms with van der Waals surface area (Å²) in [5, 5.41) is 5.01. The summed E-state index contributed by atoms with van der Waals surface area (Å²) >= 11 is 1.53. The molecule has 0 saturated carbocycles. The van der Waals surface area contributed by atoms with E-state index in [0.717, 1.165) is 32.7 Å². The number of carbonyl (C=O) groups excluding carboxylic acids is 1. The van der Waals surface area contributed by atoms with Gasteiger partial charge in [0.2, 0.25) is 5.91 Å². The lowest BCUT2D eigenvalue weighted by Gasteiger charge is -2.34. The van der Waals surface area contributed by atoms with Gasteiger partial charge in [0.15, 0.2) is 0 Å². The minimum absolute atomic E-state index is 0.221. The van der Waals surface area contributed by atoms with Crippen molar-refractivity contribution in [1.29, 1.82) is 0 Å². The second-order valence-electron chi connectivity index (χ2n) is 4.09. The summed E-state index contributed by atoms with van der Waals surface area (Å²) in [6, 6.07) is 0. The third kappa shape index (κ3) is 5.75. The van der Waals surface area contributed by atoms with Gasteiger partial charge >= 0.3 is 0 Å². The predicted molar refractivity (Wildman–Crippen MR) is 75.3 cm³/mol. The number of nitrogens with one attached hydrogen (secondary N) is 1. The van der Waals surface area contributed by atoms with Crippen LogP contribution in [0.1, 0.15) is 6.92 Å². The number of amides is 1. The van der Waals surface area contributed by atoms with Gasteiger partial charge in [0.25, 0.3) is 0 Å². The number of methoxy groups -OCH3 is 1. The fraction of sp³-hybridized carbons (Fsp3) is 0.750. The Morgan fingerprint density at radius 1 is 1.39 bits per heavy atom. The fourth-order valence-corrected chi connectivity index (χ4v) is 2.35. The minimum atomic E-state index is 0.221. The van der Waals surface area contributed by atoms with Crippen molar-refractivity contribution >= 4 is 17.7 Å². The van der Waals surface area contributed by atoms with Crippen LogP contribution in [0, 0.1) is 0 Å². The maximum absolute atomic E-state index is 11.9. The van der Waals surface area contributed by atoms with E-state index < -0.39 is 0 Å². The second kappa shape index (κ2) is 9.24. The summed E-state index contributed by atoms with van der Waals surface area (Å²) in [7, 11) is 1.70. The van der Waals surface area contributed by atoms with Crippen molar-refractivity contribution in [1.82, 2.24) is 15.1 Å². The quantitative estimate of drug-likeness (QED) is 0.734. The minimum Gasteiger partial charge on any atom is -0.391 e. The van der Waals surface area contributed by atoms with Crippen LogP contribution >= 0.6 is 11.8 Å². The standard InChI is InChI=1S/C12H23N3O2S/c1-3-13-4-9-18-10-12(16)15-7-5-14(6-8-15)11-17-2/h4,9,13H,3,5-8,10-11H2,1-2H3. The van der Waals surface area contributed by atoms with E-state index in [9.17, 15) is 4.79 Å². The Labute approximate surface area is 114 Å². The monoisotopic (exact) mass is 273 g/mol. The maximum Gasteiger partial charge on any atom is 0.233 e. The molecule has 0 aliphatic carbocycles. The van der Waals surface area contributed by atoms with Gasteiger partial charge in [-0.05, 0) is 12.3 Å². The average Bonchev–Trinajstić information content (AvgIpc) is 2.39. The zero-order chi connectivity index (χ0) is 13.2. The van der Waals surface area contributed by atoms with Gasteiger partial charge < -0.3 is 15.0 Å². The Hall–Kier alpha value is -0.720. The number of hydrogen-bond acceptors (Lipinski definition) is 5. The average molecular weight is 273 g/mol. The molecule has 1 N–H and O–H groups in total. The molecule has 0 aromatic rings. The molecule has 18 heavy (non-hydrogen) atoms. The van der Waals surface area contributed by atoms with Crippen molar-refractivity contribution in [2.45, 2.75) is 6.92 Å². The molecule has 1 amide bonds. The molecule has 0 aromatic carbocycles. The Kier molecular flexibility index (Phi) is 7.88. The van der Waals surface area contributed by atoms with Gasteiger partial charge in [0.05, 0.1) is 12.5 Å². The molecule has 1 rings (SSSR count). The fourth-order valence-electron chi connectivity index (χ4n) is 1.73. The predicted octanol–water partition coefficient (Wildman–Crippen LogP) is 0.548. The molecule has 0 unspecified atom stereocenters. The van der Waals surface area contributed by atoms with E-state index in [-0.39, 0.29) is 5.91 Å². The molecule has 0 spiro atoms. The van der Waals surface area contributed by atoms with Crippen molar-refractivity contribution < 1.29 is 9.53 Å². The van der Waals surface area contributed by atoms with Crippen molar-refractivity contribution in [2.24, 2.45) is 0 Å². The van der Waals surface area contributed by atoms with Gasteiger partial charge in [-0.25, -0.2) is 0 Å². The first kappa shape index (κ1) is 15.3. The zero-order valence-electron chi connectivity index (χ0n) is 11.2. The van der Waals surface area contributed by atoms with Crippen LogP contribution in [0.5, 0.6) is 0 Å². The summed E-state index contributed by atoms with van der Waals surface area (Å²) in [4.78, 5) is 16.0. The lowest BCUT2D eigenvalue weighted by atomic mass is 10.3. The van der Waals surface area contributed by atoms with Gasteiger partial charge in [-0.2, -0.15) is 0 Å². The third-order valence-corrected chi connectivity index (χ3v) is 3.47. The highest BCUT2D eigenvalue weighted by Gasteiger charge is 2.20. The van der Waals surface area contributed by atoms with Gasteiger partial charge in [0, 0.05) is 46.0 Å². The second-order valence-corrected chi connectivity index (χ2v) is 4.98. The molecule has 0 aromatic heterocycles. The van der Waals surface area contributed by atoms with E-state index in [1.165, 1.54) is 11.8 Å². The van der Waals surface area contributed by atoms with Crippen LogP contribution in [0.3, 0.4) is 0 Å². The van der Waals surface area contributed by atoms with Crippen LogP contribution in [-0.2, 0) is 9.53 Å². The van der Waals surface area contributed by atoms with E-state index >= 15 is 0 Å². The molecule has 1 aliphatic rings. The molecule has 6 heteroatoms. The Morgan fingerprint density at radius 3 is 2.72 bits per heavy atom. The largest absolute Gasteiger partial charge is 0.391 e. The normalized spacial score (nSPS) is 17.3. The molecule has 104 valence electrons. The summed E-state index contributed by atoms with van der Waals surface area (Å²) in [5.74, 6) is 0.741. The molecule has 5 nitrogen and oxygen atoms in total. The Morgan fingerprint density at radius 2 is 2.11 bits per heavy atom. The summed E-state index contributed by atoms with van der Waals surface area (Å²) in [6.07, 6.45) is 1.88.